The molecule has 6 heteroatoms. The van der Waals surface area contributed by atoms with E-state index in [1.54, 1.807) is 11.3 Å². The lowest BCUT2D eigenvalue weighted by Gasteiger charge is -2.26. The van der Waals surface area contributed by atoms with Gasteiger partial charge in [0.1, 0.15) is 12.5 Å². The van der Waals surface area contributed by atoms with E-state index in [4.69, 9.17) is 4.74 Å². The van der Waals surface area contributed by atoms with Gasteiger partial charge < -0.3 is 9.64 Å². The van der Waals surface area contributed by atoms with Crippen LogP contribution in [0.15, 0.2) is 0 Å². The zero-order chi connectivity index (χ0) is 16.1. The summed E-state index contributed by atoms with van der Waals surface area (Å²) in [7, 11) is 2.11. The lowest BCUT2D eigenvalue weighted by molar-refractivity contribution is 0.238. The predicted molar refractivity (Wildman–Crippen MR) is 97.3 cm³/mol. The summed E-state index contributed by atoms with van der Waals surface area (Å²) in [4.78, 5) is 8.49. The molecular formula is C17H28FN2OPS. The van der Waals surface area contributed by atoms with E-state index in [1.807, 2.05) is 0 Å². The highest BCUT2D eigenvalue weighted by Crippen LogP contribution is 2.30. The third-order valence-corrected chi connectivity index (χ3v) is 6.29. The van der Waals surface area contributed by atoms with Crippen molar-refractivity contribution in [2.45, 2.75) is 57.3 Å². The zero-order valence-electron chi connectivity index (χ0n) is 13.8. The predicted octanol–water partition coefficient (Wildman–Crippen LogP) is 4.06. The summed E-state index contributed by atoms with van der Waals surface area (Å²) in [5, 5.41) is 0.635. The molecular weight excluding hydrogens is 330 g/mol. The largest absolute Gasteiger partial charge is 0.467 e. The quantitative estimate of drug-likeness (QED) is 0.717. The van der Waals surface area contributed by atoms with Crippen molar-refractivity contribution in [3.8, 4) is 5.19 Å². The first-order chi connectivity index (χ1) is 11.2. The van der Waals surface area contributed by atoms with E-state index in [0.29, 0.717) is 5.19 Å². The summed E-state index contributed by atoms with van der Waals surface area (Å²) in [6.45, 7) is 3.53. The number of nitrogens with zero attached hydrogens (tertiary/aromatic N) is 2. The number of thiazole rings is 1. The molecule has 130 valence electrons. The highest BCUT2D eigenvalue weighted by atomic mass is 32.1. The van der Waals surface area contributed by atoms with Crippen molar-refractivity contribution in [1.82, 2.24) is 9.88 Å². The van der Waals surface area contributed by atoms with Gasteiger partial charge >= 0.3 is 0 Å². The van der Waals surface area contributed by atoms with Crippen molar-refractivity contribution in [2.75, 3.05) is 26.2 Å². The molecule has 23 heavy (non-hydrogen) atoms. The molecule has 1 fully saturated rings. The van der Waals surface area contributed by atoms with Crippen LogP contribution in [0.5, 0.6) is 5.19 Å². The van der Waals surface area contributed by atoms with Gasteiger partial charge in [0, 0.05) is 24.4 Å². The summed E-state index contributed by atoms with van der Waals surface area (Å²) >= 11 is 1.60. The number of ether oxygens (including phenoxy) is 1. The van der Waals surface area contributed by atoms with Crippen LogP contribution in [0.1, 0.15) is 49.1 Å². The number of hydrogen-bond acceptors (Lipinski definition) is 4. The Morgan fingerprint density at radius 1 is 1.26 bits per heavy atom. The first kappa shape index (κ1) is 17.6. The van der Waals surface area contributed by atoms with Gasteiger partial charge in [-0.2, -0.15) is 0 Å². The van der Waals surface area contributed by atoms with Crippen molar-refractivity contribution in [1.29, 1.82) is 0 Å². The molecule has 3 nitrogen and oxygen atoms in total. The second-order valence-electron chi connectivity index (χ2n) is 6.81. The van der Waals surface area contributed by atoms with Gasteiger partial charge in [0.2, 0.25) is 0 Å². The minimum atomic E-state index is -1.02. The summed E-state index contributed by atoms with van der Waals surface area (Å²) in [5.41, 5.74) is 1.17. The highest BCUT2D eigenvalue weighted by Gasteiger charge is 2.20. The number of hydrogen-bond donors (Lipinski definition) is 0. The van der Waals surface area contributed by atoms with Crippen molar-refractivity contribution >= 4 is 20.6 Å². The van der Waals surface area contributed by atoms with E-state index in [0.717, 1.165) is 31.8 Å². The lowest BCUT2D eigenvalue weighted by Crippen LogP contribution is -2.29. The average molecular weight is 358 g/mol. The average Bonchev–Trinajstić information content (AvgIpc) is 2.86. The van der Waals surface area contributed by atoms with Crippen LogP contribution in [0.2, 0.25) is 0 Å². The normalized spacial score (nSPS) is 21.7. The van der Waals surface area contributed by atoms with E-state index < -0.39 is 5.91 Å². The fourth-order valence-electron chi connectivity index (χ4n) is 3.66. The van der Waals surface area contributed by atoms with Gasteiger partial charge in [-0.1, -0.05) is 52.7 Å². The Morgan fingerprint density at radius 3 is 2.83 bits per heavy atom. The van der Waals surface area contributed by atoms with Crippen LogP contribution in [-0.4, -0.2) is 42.0 Å². The zero-order valence-corrected chi connectivity index (χ0v) is 15.8. The van der Waals surface area contributed by atoms with Crippen LogP contribution in [0, 0.1) is 5.92 Å². The smallest absolute Gasteiger partial charge is 0.273 e. The first-order valence-corrected chi connectivity index (χ1v) is 10.4. The second kappa shape index (κ2) is 8.73. The van der Waals surface area contributed by atoms with E-state index in [-0.39, 0.29) is 6.61 Å². The lowest BCUT2D eigenvalue weighted by atomic mass is 9.87. The minimum Gasteiger partial charge on any atom is -0.467 e. The van der Waals surface area contributed by atoms with Gasteiger partial charge in [0.15, 0.2) is 0 Å². The Labute approximate surface area is 145 Å². The third-order valence-electron chi connectivity index (χ3n) is 5.02. The Balaban J connectivity index is 1.45. The second-order valence-corrected chi connectivity index (χ2v) is 8.58. The maximum atomic E-state index is 12.8. The molecule has 1 aromatic heterocycles. The van der Waals surface area contributed by atoms with Crippen molar-refractivity contribution in [2.24, 2.45) is 5.92 Å². The molecule has 0 bridgehead atoms. The van der Waals surface area contributed by atoms with Crippen molar-refractivity contribution in [3.05, 3.63) is 10.6 Å². The minimum absolute atomic E-state index is 0.0740. The molecule has 2 aliphatic rings. The Hall–Kier alpha value is -0.250. The van der Waals surface area contributed by atoms with Gasteiger partial charge in [-0.25, -0.2) is 9.37 Å². The van der Waals surface area contributed by atoms with Crippen molar-refractivity contribution in [3.63, 3.8) is 0 Å². The molecule has 2 atom stereocenters. The number of alkyl halides is 1. The number of aromatic nitrogens is 1. The summed E-state index contributed by atoms with van der Waals surface area (Å²) < 4.78 is 18.2. The number of rotatable bonds is 6. The van der Waals surface area contributed by atoms with E-state index in [2.05, 4.69) is 19.1 Å². The Kier molecular flexibility index (Phi) is 6.67. The molecule has 0 aromatic carbocycles. The van der Waals surface area contributed by atoms with Crippen LogP contribution >= 0.6 is 20.6 Å². The van der Waals surface area contributed by atoms with Crippen LogP contribution < -0.4 is 4.74 Å². The third kappa shape index (κ3) is 5.37. The van der Waals surface area contributed by atoms with Crippen LogP contribution in [0.3, 0.4) is 0 Å². The fraction of sp³-hybridized carbons (Fsp3) is 0.824. The van der Waals surface area contributed by atoms with E-state index >= 15 is 0 Å². The standard InChI is InChI=1S/C17H28FN2OPS/c18-16(22)12-21-17-19-14-7-10-20(11-8-15(14)23-17)9-6-13-4-2-1-3-5-13/h13,16H,1-12,22H2. The van der Waals surface area contributed by atoms with Gasteiger partial charge in [0.25, 0.3) is 5.19 Å². The van der Waals surface area contributed by atoms with Gasteiger partial charge in [0.05, 0.1) is 5.69 Å². The van der Waals surface area contributed by atoms with Crippen molar-refractivity contribution < 1.29 is 9.13 Å². The summed E-state index contributed by atoms with van der Waals surface area (Å²) in [5.74, 6) is -0.0613. The molecule has 0 saturated heterocycles. The Bertz CT molecular complexity index is 465. The molecule has 0 spiro atoms. The maximum Gasteiger partial charge on any atom is 0.273 e. The van der Waals surface area contributed by atoms with Crippen LogP contribution in [0.25, 0.3) is 0 Å². The van der Waals surface area contributed by atoms with Crippen LogP contribution in [-0.2, 0) is 12.8 Å². The van der Waals surface area contributed by atoms with Gasteiger partial charge in [-0.15, -0.1) is 0 Å². The molecule has 2 unspecified atom stereocenters. The molecule has 2 heterocycles. The molecule has 1 saturated carbocycles. The molecule has 0 amide bonds. The van der Waals surface area contributed by atoms with E-state index in [9.17, 15) is 4.39 Å². The first-order valence-electron chi connectivity index (χ1n) is 8.94. The molecule has 0 radical (unpaired) electrons. The monoisotopic (exact) mass is 358 g/mol. The highest BCUT2D eigenvalue weighted by molar-refractivity contribution is 7.17. The Morgan fingerprint density at radius 2 is 2.04 bits per heavy atom. The molecule has 0 N–H and O–H groups in total. The fourth-order valence-corrected chi connectivity index (χ4v) is 4.71. The van der Waals surface area contributed by atoms with E-state index in [1.165, 1.54) is 55.6 Å². The maximum absolute atomic E-state index is 12.8. The summed E-state index contributed by atoms with van der Waals surface area (Å²) in [6.07, 6.45) is 10.6. The number of fused-ring (bicyclic) bond motifs is 1. The molecule has 3 rings (SSSR count). The molecule has 1 aliphatic carbocycles. The van der Waals surface area contributed by atoms with Gasteiger partial charge in [-0.3, -0.25) is 0 Å². The van der Waals surface area contributed by atoms with Gasteiger partial charge in [-0.05, 0) is 25.3 Å². The number of halogens is 1. The molecule has 1 aromatic rings. The van der Waals surface area contributed by atoms with Crippen LogP contribution in [0.4, 0.5) is 4.39 Å². The topological polar surface area (TPSA) is 25.4 Å². The molecule has 1 aliphatic heterocycles. The SMILES string of the molecule is FC(P)COc1nc2c(s1)CCN(CCC1CCCCC1)CC2. The summed E-state index contributed by atoms with van der Waals surface area (Å²) in [6, 6.07) is 0.